The Hall–Kier alpha value is -1.31. The largest absolute Gasteiger partial charge is 0.469 e. The van der Waals surface area contributed by atoms with E-state index in [2.05, 4.69) is 42.8 Å². The molecule has 82 valence electrons. The summed E-state index contributed by atoms with van der Waals surface area (Å²) in [7, 11) is 1.43. The highest BCUT2D eigenvalue weighted by atomic mass is 16.5. The van der Waals surface area contributed by atoms with Crippen molar-refractivity contribution in [2.75, 3.05) is 7.11 Å². The van der Waals surface area contributed by atoms with Crippen LogP contribution in [0.4, 0.5) is 0 Å². The van der Waals surface area contributed by atoms with Crippen molar-refractivity contribution in [2.24, 2.45) is 5.92 Å². The van der Waals surface area contributed by atoms with Crippen molar-refractivity contribution in [3.63, 3.8) is 0 Å². The van der Waals surface area contributed by atoms with E-state index in [-0.39, 0.29) is 5.97 Å². The van der Waals surface area contributed by atoms with Gasteiger partial charge in [0.1, 0.15) is 0 Å². The molecule has 1 unspecified atom stereocenters. The molecule has 0 aliphatic heterocycles. The maximum atomic E-state index is 11.1. The van der Waals surface area contributed by atoms with E-state index in [1.165, 1.54) is 18.2 Å². The lowest BCUT2D eigenvalue weighted by atomic mass is 9.97. The maximum Gasteiger partial charge on any atom is 0.305 e. The van der Waals surface area contributed by atoms with Gasteiger partial charge in [-0.05, 0) is 24.8 Å². The van der Waals surface area contributed by atoms with Gasteiger partial charge in [-0.15, -0.1) is 0 Å². The second-order valence-electron chi connectivity index (χ2n) is 4.08. The Morgan fingerprint density at radius 3 is 2.80 bits per heavy atom. The molecule has 2 heteroatoms. The number of hydrogen-bond donors (Lipinski definition) is 0. The van der Waals surface area contributed by atoms with E-state index in [9.17, 15) is 4.79 Å². The summed E-state index contributed by atoms with van der Waals surface area (Å²) in [6.45, 7) is 4.15. The maximum absolute atomic E-state index is 11.1. The van der Waals surface area contributed by atoms with Gasteiger partial charge < -0.3 is 4.74 Å². The van der Waals surface area contributed by atoms with Crippen LogP contribution in [0.15, 0.2) is 24.3 Å². The number of carbonyl (C=O) groups is 1. The lowest BCUT2D eigenvalue weighted by Gasteiger charge is -2.10. The Balaban J connectivity index is 2.51. The number of hydrogen-bond acceptors (Lipinski definition) is 2. The molecule has 2 nitrogen and oxygen atoms in total. The summed E-state index contributed by atoms with van der Waals surface area (Å²) in [5, 5.41) is 0. The summed E-state index contributed by atoms with van der Waals surface area (Å²) in [6.07, 6.45) is 1.42. The summed E-state index contributed by atoms with van der Waals surface area (Å²) < 4.78 is 4.64. The van der Waals surface area contributed by atoms with Crippen molar-refractivity contribution in [3.05, 3.63) is 35.4 Å². The molecule has 0 radical (unpaired) electrons. The number of esters is 1. The van der Waals surface area contributed by atoms with E-state index in [1.807, 2.05) is 0 Å². The van der Waals surface area contributed by atoms with Crippen LogP contribution in [0, 0.1) is 12.8 Å². The monoisotopic (exact) mass is 206 g/mol. The summed E-state index contributed by atoms with van der Waals surface area (Å²) in [5.74, 6) is 0.203. The van der Waals surface area contributed by atoms with Gasteiger partial charge in [-0.25, -0.2) is 0 Å². The van der Waals surface area contributed by atoms with Gasteiger partial charge in [0.25, 0.3) is 0 Å². The van der Waals surface area contributed by atoms with Crippen LogP contribution in [-0.2, 0) is 16.0 Å². The average molecular weight is 206 g/mol. The van der Waals surface area contributed by atoms with Gasteiger partial charge in [0, 0.05) is 6.42 Å². The van der Waals surface area contributed by atoms with E-state index >= 15 is 0 Å². The Morgan fingerprint density at radius 1 is 1.47 bits per heavy atom. The molecule has 1 aromatic rings. The Labute approximate surface area is 91.3 Å². The molecule has 0 aromatic heterocycles. The van der Waals surface area contributed by atoms with Gasteiger partial charge >= 0.3 is 5.97 Å². The summed E-state index contributed by atoms with van der Waals surface area (Å²) in [4.78, 5) is 11.1. The number of ether oxygens (including phenoxy) is 1. The Morgan fingerprint density at radius 2 is 2.20 bits per heavy atom. The van der Waals surface area contributed by atoms with E-state index < -0.39 is 0 Å². The van der Waals surface area contributed by atoms with Crippen LogP contribution in [0.5, 0.6) is 0 Å². The van der Waals surface area contributed by atoms with Crippen LogP contribution in [0.1, 0.15) is 24.5 Å². The van der Waals surface area contributed by atoms with Crippen LogP contribution in [-0.4, -0.2) is 13.1 Å². The quantitative estimate of drug-likeness (QED) is 0.708. The summed E-state index contributed by atoms with van der Waals surface area (Å²) in [5.41, 5.74) is 2.55. The minimum atomic E-state index is -0.129. The minimum absolute atomic E-state index is 0.129. The van der Waals surface area contributed by atoms with Crippen molar-refractivity contribution in [3.8, 4) is 0 Å². The fraction of sp³-hybridized carbons (Fsp3) is 0.462. The first-order valence-corrected chi connectivity index (χ1v) is 5.24. The van der Waals surface area contributed by atoms with Crippen LogP contribution in [0.3, 0.4) is 0 Å². The minimum Gasteiger partial charge on any atom is -0.469 e. The molecular weight excluding hydrogens is 188 g/mol. The Bertz CT molecular complexity index is 331. The standard InChI is InChI=1S/C13H18O2/c1-10-5-4-6-12(7-10)8-11(2)9-13(14)15-3/h4-7,11H,8-9H2,1-3H3. The van der Waals surface area contributed by atoms with E-state index in [4.69, 9.17) is 0 Å². The molecule has 1 rings (SSSR count). The topological polar surface area (TPSA) is 26.3 Å². The zero-order valence-electron chi connectivity index (χ0n) is 9.62. The van der Waals surface area contributed by atoms with Crippen molar-refractivity contribution in [1.82, 2.24) is 0 Å². The molecule has 0 saturated carbocycles. The van der Waals surface area contributed by atoms with Gasteiger partial charge in [0.15, 0.2) is 0 Å². The van der Waals surface area contributed by atoms with Gasteiger partial charge in [0.2, 0.25) is 0 Å². The van der Waals surface area contributed by atoms with Crippen molar-refractivity contribution >= 4 is 5.97 Å². The number of aryl methyl sites for hydroxylation is 1. The molecule has 0 heterocycles. The zero-order valence-corrected chi connectivity index (χ0v) is 9.62. The first-order chi connectivity index (χ1) is 7.11. The normalized spacial score (nSPS) is 12.2. The van der Waals surface area contributed by atoms with E-state index in [0.717, 1.165) is 6.42 Å². The molecule has 0 saturated heterocycles. The van der Waals surface area contributed by atoms with Gasteiger partial charge in [-0.1, -0.05) is 36.8 Å². The third-order valence-electron chi connectivity index (χ3n) is 2.41. The van der Waals surface area contributed by atoms with Crippen LogP contribution < -0.4 is 0 Å². The second kappa shape index (κ2) is 5.54. The fourth-order valence-electron chi connectivity index (χ4n) is 1.68. The summed E-state index contributed by atoms with van der Waals surface area (Å²) in [6, 6.07) is 8.39. The smallest absolute Gasteiger partial charge is 0.305 e. The molecule has 0 fully saturated rings. The highest BCUT2D eigenvalue weighted by Crippen LogP contribution is 2.13. The Kier molecular flexibility index (Phi) is 4.35. The SMILES string of the molecule is COC(=O)CC(C)Cc1cccc(C)c1. The van der Waals surface area contributed by atoms with Crippen LogP contribution in [0.25, 0.3) is 0 Å². The van der Waals surface area contributed by atoms with E-state index in [0.29, 0.717) is 12.3 Å². The molecule has 15 heavy (non-hydrogen) atoms. The third kappa shape index (κ3) is 4.15. The summed E-state index contributed by atoms with van der Waals surface area (Å²) >= 11 is 0. The van der Waals surface area contributed by atoms with Crippen molar-refractivity contribution in [1.29, 1.82) is 0 Å². The molecule has 0 bridgehead atoms. The molecule has 0 amide bonds. The van der Waals surface area contributed by atoms with Crippen molar-refractivity contribution in [2.45, 2.75) is 26.7 Å². The lowest BCUT2D eigenvalue weighted by Crippen LogP contribution is -2.09. The van der Waals surface area contributed by atoms with Gasteiger partial charge in [-0.3, -0.25) is 4.79 Å². The predicted octanol–water partition coefficient (Wildman–Crippen LogP) is 2.74. The lowest BCUT2D eigenvalue weighted by molar-refractivity contribution is -0.141. The second-order valence-corrected chi connectivity index (χ2v) is 4.08. The number of rotatable bonds is 4. The van der Waals surface area contributed by atoms with Crippen LogP contribution >= 0.6 is 0 Å². The number of carbonyl (C=O) groups excluding carboxylic acids is 1. The molecule has 1 atom stereocenters. The number of benzene rings is 1. The van der Waals surface area contributed by atoms with Crippen LogP contribution in [0.2, 0.25) is 0 Å². The fourth-order valence-corrected chi connectivity index (χ4v) is 1.68. The van der Waals surface area contributed by atoms with Gasteiger partial charge in [0.05, 0.1) is 7.11 Å². The molecule has 0 N–H and O–H groups in total. The predicted molar refractivity (Wildman–Crippen MR) is 60.7 cm³/mol. The molecule has 0 aliphatic carbocycles. The molecule has 0 aliphatic rings. The third-order valence-corrected chi connectivity index (χ3v) is 2.41. The first-order valence-electron chi connectivity index (χ1n) is 5.24. The average Bonchev–Trinajstić information content (AvgIpc) is 2.17. The molecular formula is C13H18O2. The highest BCUT2D eigenvalue weighted by Gasteiger charge is 2.09. The zero-order chi connectivity index (χ0) is 11.3. The molecule has 0 spiro atoms. The van der Waals surface area contributed by atoms with Crippen molar-refractivity contribution < 1.29 is 9.53 Å². The molecule has 1 aromatic carbocycles. The van der Waals surface area contributed by atoms with Gasteiger partial charge in [-0.2, -0.15) is 0 Å². The number of methoxy groups -OCH3 is 1. The highest BCUT2D eigenvalue weighted by molar-refractivity contribution is 5.69. The van der Waals surface area contributed by atoms with E-state index in [1.54, 1.807) is 0 Å². The first kappa shape index (κ1) is 11.8.